The van der Waals surface area contributed by atoms with Gasteiger partial charge in [-0.25, -0.2) is 8.42 Å². The number of carbonyl (C=O) groups is 1. The number of anilines is 1. The van der Waals surface area contributed by atoms with E-state index in [0.717, 1.165) is 49.1 Å². The van der Waals surface area contributed by atoms with Crippen LogP contribution in [0.3, 0.4) is 0 Å². The molecule has 0 aromatic heterocycles. The molecule has 1 saturated carbocycles. The molecule has 1 aliphatic heterocycles. The standard InChI is InChI=1S/C27H37N3O5S/c1-21-13-14-25(35-3)26(19-21)36(32,33)30(22-9-5-4-6-10-22)20-27(31)29-17-15-28(16-18-29)23-11-7-8-12-24(23)34-2/h7-8,11-14,19,22H,4-6,9-10,15-18,20H2,1-3H3. The second-order valence-corrected chi connectivity index (χ2v) is 11.4. The molecule has 4 rings (SSSR count). The lowest BCUT2D eigenvalue weighted by atomic mass is 9.95. The second-order valence-electron chi connectivity index (χ2n) is 9.54. The largest absolute Gasteiger partial charge is 0.495 e. The summed E-state index contributed by atoms with van der Waals surface area (Å²) in [7, 11) is -0.800. The average Bonchev–Trinajstić information content (AvgIpc) is 2.92. The highest BCUT2D eigenvalue weighted by atomic mass is 32.2. The molecule has 0 N–H and O–H groups in total. The van der Waals surface area contributed by atoms with Crippen LogP contribution in [0.1, 0.15) is 37.7 Å². The van der Waals surface area contributed by atoms with Crippen molar-refractivity contribution in [3.8, 4) is 11.5 Å². The molecule has 0 spiro atoms. The summed E-state index contributed by atoms with van der Waals surface area (Å²) < 4.78 is 40.2. The smallest absolute Gasteiger partial charge is 0.247 e. The van der Waals surface area contributed by atoms with Crippen molar-refractivity contribution in [1.82, 2.24) is 9.21 Å². The molecule has 0 unspecified atom stereocenters. The summed E-state index contributed by atoms with van der Waals surface area (Å²) >= 11 is 0. The van der Waals surface area contributed by atoms with E-state index < -0.39 is 10.0 Å². The molecule has 1 amide bonds. The first-order chi connectivity index (χ1) is 17.3. The number of amides is 1. The fourth-order valence-corrected chi connectivity index (χ4v) is 7.09. The van der Waals surface area contributed by atoms with E-state index in [9.17, 15) is 13.2 Å². The summed E-state index contributed by atoms with van der Waals surface area (Å²) in [6, 6.07) is 12.8. The Kier molecular flexibility index (Phi) is 8.41. The van der Waals surface area contributed by atoms with Gasteiger partial charge in [-0.3, -0.25) is 4.79 Å². The zero-order valence-electron chi connectivity index (χ0n) is 21.5. The van der Waals surface area contributed by atoms with Crippen LogP contribution in [0, 0.1) is 6.92 Å². The zero-order valence-corrected chi connectivity index (χ0v) is 22.3. The first kappa shape index (κ1) is 26.3. The second kappa shape index (κ2) is 11.5. The first-order valence-electron chi connectivity index (χ1n) is 12.7. The third-order valence-corrected chi connectivity index (χ3v) is 9.16. The molecule has 2 fully saturated rings. The van der Waals surface area contributed by atoms with E-state index in [1.54, 1.807) is 24.1 Å². The lowest BCUT2D eigenvalue weighted by molar-refractivity contribution is -0.132. The van der Waals surface area contributed by atoms with Crippen LogP contribution in [-0.2, 0) is 14.8 Å². The van der Waals surface area contributed by atoms with Crippen molar-refractivity contribution in [2.45, 2.75) is 50.0 Å². The molecule has 0 atom stereocenters. The molecule has 1 saturated heterocycles. The van der Waals surface area contributed by atoms with Crippen LogP contribution >= 0.6 is 0 Å². The Morgan fingerprint density at radius 2 is 1.61 bits per heavy atom. The number of carbonyl (C=O) groups excluding carboxylic acids is 1. The van der Waals surface area contributed by atoms with Crippen LogP contribution in [0.15, 0.2) is 47.4 Å². The SMILES string of the molecule is COc1ccccc1N1CCN(C(=O)CN(C2CCCCC2)S(=O)(=O)c2cc(C)ccc2OC)CC1. The Morgan fingerprint density at radius 3 is 2.28 bits per heavy atom. The third kappa shape index (κ3) is 5.62. The molecular weight excluding hydrogens is 478 g/mol. The maximum Gasteiger partial charge on any atom is 0.247 e. The lowest BCUT2D eigenvalue weighted by Crippen LogP contribution is -2.53. The number of rotatable bonds is 8. The summed E-state index contributed by atoms with van der Waals surface area (Å²) in [6.07, 6.45) is 4.56. The van der Waals surface area contributed by atoms with Crippen molar-refractivity contribution in [2.75, 3.05) is 51.8 Å². The van der Waals surface area contributed by atoms with E-state index >= 15 is 0 Å². The molecule has 0 radical (unpaired) electrons. The summed E-state index contributed by atoms with van der Waals surface area (Å²) in [5.74, 6) is 0.952. The molecule has 8 nitrogen and oxygen atoms in total. The van der Waals surface area contributed by atoms with Crippen LogP contribution in [0.5, 0.6) is 11.5 Å². The molecule has 2 aliphatic rings. The van der Waals surface area contributed by atoms with E-state index in [1.807, 2.05) is 37.3 Å². The number of hydrogen-bond donors (Lipinski definition) is 0. The van der Waals surface area contributed by atoms with E-state index in [0.29, 0.717) is 31.9 Å². The van der Waals surface area contributed by atoms with Gasteiger partial charge in [-0.05, 0) is 49.6 Å². The van der Waals surface area contributed by atoms with Crippen molar-refractivity contribution >= 4 is 21.6 Å². The molecule has 1 aliphatic carbocycles. The van der Waals surface area contributed by atoms with Crippen molar-refractivity contribution in [3.63, 3.8) is 0 Å². The normalized spacial score (nSPS) is 17.3. The molecule has 0 bridgehead atoms. The lowest BCUT2D eigenvalue weighted by Gasteiger charge is -2.38. The van der Waals surface area contributed by atoms with Gasteiger partial charge in [-0.15, -0.1) is 0 Å². The maximum absolute atomic E-state index is 13.9. The number of methoxy groups -OCH3 is 2. The van der Waals surface area contributed by atoms with Gasteiger partial charge in [0.2, 0.25) is 15.9 Å². The van der Waals surface area contributed by atoms with Gasteiger partial charge >= 0.3 is 0 Å². The Hall–Kier alpha value is -2.78. The van der Waals surface area contributed by atoms with Gasteiger partial charge in [0.05, 0.1) is 26.5 Å². The first-order valence-corrected chi connectivity index (χ1v) is 14.1. The van der Waals surface area contributed by atoms with Gasteiger partial charge in [0.25, 0.3) is 0 Å². The summed E-state index contributed by atoms with van der Waals surface area (Å²) in [5, 5.41) is 0. The minimum Gasteiger partial charge on any atom is -0.495 e. The molecule has 9 heteroatoms. The van der Waals surface area contributed by atoms with Gasteiger partial charge in [0.15, 0.2) is 0 Å². The van der Waals surface area contributed by atoms with Crippen LogP contribution in [-0.4, -0.2) is 76.5 Å². The van der Waals surface area contributed by atoms with Crippen LogP contribution in [0.25, 0.3) is 0 Å². The zero-order chi connectivity index (χ0) is 25.7. The average molecular weight is 516 g/mol. The summed E-state index contributed by atoms with van der Waals surface area (Å²) in [4.78, 5) is 17.6. The molecule has 36 heavy (non-hydrogen) atoms. The number of nitrogens with zero attached hydrogens (tertiary/aromatic N) is 3. The van der Waals surface area contributed by atoms with E-state index in [-0.39, 0.29) is 23.4 Å². The van der Waals surface area contributed by atoms with Crippen LogP contribution in [0.4, 0.5) is 5.69 Å². The highest BCUT2D eigenvalue weighted by Gasteiger charge is 2.37. The Balaban J connectivity index is 1.52. The summed E-state index contributed by atoms with van der Waals surface area (Å²) in [5.41, 5.74) is 1.84. The monoisotopic (exact) mass is 515 g/mol. The van der Waals surface area contributed by atoms with Crippen molar-refractivity contribution in [3.05, 3.63) is 48.0 Å². The number of benzene rings is 2. The van der Waals surface area contributed by atoms with Crippen molar-refractivity contribution in [2.24, 2.45) is 0 Å². The quantitative estimate of drug-likeness (QED) is 0.534. The molecule has 196 valence electrons. The molecule has 2 aromatic rings. The Morgan fingerprint density at radius 1 is 0.944 bits per heavy atom. The third-order valence-electron chi connectivity index (χ3n) is 7.24. The Labute approximate surface area is 214 Å². The number of sulfonamides is 1. The van der Waals surface area contributed by atoms with Gasteiger partial charge in [0.1, 0.15) is 16.4 Å². The number of aryl methyl sites for hydroxylation is 1. The maximum atomic E-state index is 13.9. The van der Waals surface area contributed by atoms with Crippen LogP contribution in [0.2, 0.25) is 0 Å². The molecule has 1 heterocycles. The number of hydrogen-bond acceptors (Lipinski definition) is 6. The topological polar surface area (TPSA) is 79.4 Å². The van der Waals surface area contributed by atoms with Crippen molar-refractivity contribution in [1.29, 1.82) is 0 Å². The predicted octanol–water partition coefficient (Wildman–Crippen LogP) is 3.68. The Bertz CT molecular complexity index is 1160. The van der Waals surface area contributed by atoms with Gasteiger partial charge < -0.3 is 19.3 Å². The fraction of sp³-hybridized carbons (Fsp3) is 0.519. The molecule has 2 aromatic carbocycles. The summed E-state index contributed by atoms with van der Waals surface area (Å²) in [6.45, 7) is 4.09. The minimum absolute atomic E-state index is 0.129. The van der Waals surface area contributed by atoms with Gasteiger partial charge in [-0.1, -0.05) is 37.5 Å². The van der Waals surface area contributed by atoms with Gasteiger partial charge in [0, 0.05) is 32.2 Å². The highest BCUT2D eigenvalue weighted by Crippen LogP contribution is 2.33. The highest BCUT2D eigenvalue weighted by molar-refractivity contribution is 7.89. The van der Waals surface area contributed by atoms with E-state index in [1.165, 1.54) is 11.4 Å². The predicted molar refractivity (Wildman–Crippen MR) is 140 cm³/mol. The minimum atomic E-state index is -3.93. The fourth-order valence-electron chi connectivity index (χ4n) is 5.21. The van der Waals surface area contributed by atoms with E-state index in [2.05, 4.69) is 4.90 Å². The number of piperazine rings is 1. The van der Waals surface area contributed by atoms with Crippen LogP contribution < -0.4 is 14.4 Å². The number of para-hydroxylation sites is 2. The molecular formula is C27H37N3O5S. The van der Waals surface area contributed by atoms with Gasteiger partial charge in [-0.2, -0.15) is 4.31 Å². The number of ether oxygens (including phenoxy) is 2. The van der Waals surface area contributed by atoms with E-state index in [4.69, 9.17) is 9.47 Å². The van der Waals surface area contributed by atoms with Crippen molar-refractivity contribution < 1.29 is 22.7 Å².